The molecule has 0 saturated carbocycles. The number of ether oxygens (including phenoxy) is 1. The second-order valence-electron chi connectivity index (χ2n) is 7.55. The maximum atomic E-state index is 5.56. The van der Waals surface area contributed by atoms with Crippen molar-refractivity contribution < 1.29 is 4.74 Å². The molecule has 2 aliphatic rings. The molecule has 0 spiro atoms. The molecule has 2 aliphatic heterocycles. The van der Waals surface area contributed by atoms with Gasteiger partial charge >= 0.3 is 0 Å². The summed E-state index contributed by atoms with van der Waals surface area (Å²) in [4.78, 5) is 9.64. The van der Waals surface area contributed by atoms with Gasteiger partial charge in [-0.15, -0.1) is 0 Å². The number of likely N-dealkylation sites (N-methyl/N-ethyl adjacent to an activating group) is 1. The van der Waals surface area contributed by atoms with Crippen LogP contribution in [0.15, 0.2) is 4.99 Å². The van der Waals surface area contributed by atoms with Crippen molar-refractivity contribution in [1.82, 2.24) is 20.4 Å². The lowest BCUT2D eigenvalue weighted by Crippen LogP contribution is -2.54. The molecule has 152 valence electrons. The van der Waals surface area contributed by atoms with Crippen LogP contribution in [0.1, 0.15) is 46.5 Å². The maximum Gasteiger partial charge on any atom is 0.191 e. The summed E-state index contributed by atoms with van der Waals surface area (Å²) in [6.45, 7) is 15.0. The minimum Gasteiger partial charge on any atom is -0.379 e. The van der Waals surface area contributed by atoms with Crippen LogP contribution in [-0.2, 0) is 4.74 Å². The zero-order valence-electron chi connectivity index (χ0n) is 17.5. The van der Waals surface area contributed by atoms with Gasteiger partial charge in [-0.1, -0.05) is 33.6 Å². The van der Waals surface area contributed by atoms with E-state index in [-0.39, 0.29) is 0 Å². The Morgan fingerprint density at radius 3 is 2.46 bits per heavy atom. The third-order valence-corrected chi connectivity index (χ3v) is 6.22. The first-order valence-corrected chi connectivity index (χ1v) is 10.7. The van der Waals surface area contributed by atoms with Crippen molar-refractivity contribution in [3.05, 3.63) is 0 Å². The molecule has 0 aromatic carbocycles. The first-order valence-electron chi connectivity index (χ1n) is 10.7. The third-order valence-electron chi connectivity index (χ3n) is 6.22. The molecule has 2 atom stereocenters. The largest absolute Gasteiger partial charge is 0.379 e. The van der Waals surface area contributed by atoms with Gasteiger partial charge in [-0.05, 0) is 31.8 Å². The molecule has 0 bridgehead atoms. The molecule has 6 nitrogen and oxygen atoms in total. The Morgan fingerprint density at radius 2 is 1.85 bits per heavy atom. The van der Waals surface area contributed by atoms with Crippen molar-refractivity contribution in [3.8, 4) is 0 Å². The molecule has 0 aromatic rings. The summed E-state index contributed by atoms with van der Waals surface area (Å²) in [5.74, 6) is 1.65. The highest BCUT2D eigenvalue weighted by Crippen LogP contribution is 2.19. The molecule has 2 rings (SSSR count). The summed E-state index contributed by atoms with van der Waals surface area (Å²) in [6.07, 6.45) is 5.06. The summed E-state index contributed by atoms with van der Waals surface area (Å²) in [6, 6.07) is 1.19. The fourth-order valence-corrected chi connectivity index (χ4v) is 4.51. The zero-order chi connectivity index (χ0) is 18.8. The minimum atomic E-state index is 0.547. The fourth-order valence-electron chi connectivity index (χ4n) is 4.51. The van der Waals surface area contributed by atoms with Crippen LogP contribution in [0.5, 0.6) is 0 Å². The van der Waals surface area contributed by atoms with Gasteiger partial charge in [0.05, 0.1) is 13.2 Å². The van der Waals surface area contributed by atoms with Crippen LogP contribution >= 0.6 is 0 Å². The smallest absolute Gasteiger partial charge is 0.191 e. The van der Waals surface area contributed by atoms with E-state index in [9.17, 15) is 0 Å². The number of nitrogens with zero attached hydrogens (tertiary/aromatic N) is 3. The van der Waals surface area contributed by atoms with Crippen molar-refractivity contribution in [1.29, 1.82) is 0 Å². The van der Waals surface area contributed by atoms with E-state index in [1.54, 1.807) is 0 Å². The average Bonchev–Trinajstić information content (AvgIpc) is 3.15. The molecule has 2 saturated heterocycles. The van der Waals surface area contributed by atoms with Gasteiger partial charge in [-0.3, -0.25) is 14.8 Å². The number of hydrogen-bond donors (Lipinski definition) is 2. The normalized spacial score (nSPS) is 24.2. The Morgan fingerprint density at radius 1 is 1.12 bits per heavy atom. The van der Waals surface area contributed by atoms with Gasteiger partial charge < -0.3 is 15.4 Å². The quantitative estimate of drug-likeness (QED) is 0.481. The number of nitrogens with one attached hydrogen (secondary N) is 2. The van der Waals surface area contributed by atoms with Crippen molar-refractivity contribution in [2.24, 2.45) is 10.9 Å². The number of rotatable bonds is 9. The van der Waals surface area contributed by atoms with E-state index in [1.165, 1.54) is 32.2 Å². The first-order chi connectivity index (χ1) is 12.7. The second-order valence-corrected chi connectivity index (χ2v) is 7.55. The number of aliphatic imine (C=N–C) groups is 1. The molecular formula is C20H41N5O. The standard InChI is InChI=1S/C20H41N5O/c1-5-17(6-2)19(25-11-13-26-14-12-25)16-23-20(21-4)22-15-18-9-8-10-24(18)7-3/h17-19H,5-16H2,1-4H3,(H2,21,22,23). The molecule has 2 heterocycles. The van der Waals surface area contributed by atoms with Crippen LogP contribution in [0.25, 0.3) is 0 Å². The van der Waals surface area contributed by atoms with Crippen LogP contribution in [0.4, 0.5) is 0 Å². The molecule has 2 unspecified atom stereocenters. The number of hydrogen-bond acceptors (Lipinski definition) is 4. The maximum absolute atomic E-state index is 5.56. The van der Waals surface area contributed by atoms with Crippen LogP contribution in [0, 0.1) is 5.92 Å². The lowest BCUT2D eigenvalue weighted by atomic mass is 9.92. The zero-order valence-corrected chi connectivity index (χ0v) is 17.5. The number of morpholine rings is 1. The lowest BCUT2D eigenvalue weighted by Gasteiger charge is -2.39. The average molecular weight is 368 g/mol. The van der Waals surface area contributed by atoms with Crippen molar-refractivity contribution in [3.63, 3.8) is 0 Å². The molecule has 2 N–H and O–H groups in total. The van der Waals surface area contributed by atoms with E-state index in [1.807, 2.05) is 7.05 Å². The first kappa shape index (κ1) is 21.5. The third kappa shape index (κ3) is 6.10. The molecule has 0 amide bonds. The van der Waals surface area contributed by atoms with E-state index in [0.717, 1.165) is 51.9 Å². The Labute approximate surface area is 160 Å². The van der Waals surface area contributed by atoms with Gasteiger partial charge in [0.2, 0.25) is 0 Å². The molecule has 2 fully saturated rings. The van der Waals surface area contributed by atoms with E-state index >= 15 is 0 Å². The summed E-state index contributed by atoms with van der Waals surface area (Å²) in [7, 11) is 1.88. The lowest BCUT2D eigenvalue weighted by molar-refractivity contribution is 0.00272. The van der Waals surface area contributed by atoms with E-state index in [4.69, 9.17) is 4.74 Å². The van der Waals surface area contributed by atoms with Crippen molar-refractivity contribution in [2.75, 3.05) is 59.5 Å². The summed E-state index contributed by atoms with van der Waals surface area (Å²) in [5.41, 5.74) is 0. The van der Waals surface area contributed by atoms with E-state index in [2.05, 4.69) is 46.2 Å². The van der Waals surface area contributed by atoms with Gasteiger partial charge in [0.25, 0.3) is 0 Å². The van der Waals surface area contributed by atoms with Gasteiger partial charge in [0.1, 0.15) is 0 Å². The fraction of sp³-hybridized carbons (Fsp3) is 0.950. The van der Waals surface area contributed by atoms with Crippen LogP contribution in [0.3, 0.4) is 0 Å². The molecule has 0 aliphatic carbocycles. The Hall–Kier alpha value is -0.850. The Bertz CT molecular complexity index is 407. The number of likely N-dealkylation sites (tertiary alicyclic amines) is 1. The molecule has 0 aromatic heterocycles. The molecule has 6 heteroatoms. The molecule has 0 radical (unpaired) electrons. The van der Waals surface area contributed by atoms with Gasteiger partial charge in [0, 0.05) is 45.3 Å². The summed E-state index contributed by atoms with van der Waals surface area (Å²) >= 11 is 0. The van der Waals surface area contributed by atoms with Crippen LogP contribution in [0.2, 0.25) is 0 Å². The molecule has 26 heavy (non-hydrogen) atoms. The molecular weight excluding hydrogens is 326 g/mol. The van der Waals surface area contributed by atoms with Crippen molar-refractivity contribution in [2.45, 2.75) is 58.5 Å². The van der Waals surface area contributed by atoms with Crippen LogP contribution in [-0.4, -0.2) is 87.4 Å². The van der Waals surface area contributed by atoms with Gasteiger partial charge in [0.15, 0.2) is 5.96 Å². The number of guanidine groups is 1. The highest BCUT2D eigenvalue weighted by molar-refractivity contribution is 5.79. The topological polar surface area (TPSA) is 52.1 Å². The van der Waals surface area contributed by atoms with Gasteiger partial charge in [-0.25, -0.2) is 0 Å². The van der Waals surface area contributed by atoms with E-state index < -0.39 is 0 Å². The summed E-state index contributed by atoms with van der Waals surface area (Å²) < 4.78 is 5.56. The van der Waals surface area contributed by atoms with Crippen LogP contribution < -0.4 is 10.6 Å². The monoisotopic (exact) mass is 367 g/mol. The highest BCUT2D eigenvalue weighted by Gasteiger charge is 2.27. The predicted octanol–water partition coefficient (Wildman–Crippen LogP) is 1.77. The highest BCUT2D eigenvalue weighted by atomic mass is 16.5. The SMILES string of the molecule is CCC(CC)C(CNC(=NC)NCC1CCCN1CC)N1CCOCC1. The minimum absolute atomic E-state index is 0.547. The summed E-state index contributed by atoms with van der Waals surface area (Å²) in [5, 5.41) is 7.17. The Balaban J connectivity index is 1.86. The Kier molecular flexibility index (Phi) is 9.72. The van der Waals surface area contributed by atoms with Crippen molar-refractivity contribution >= 4 is 5.96 Å². The second kappa shape index (κ2) is 11.8. The predicted molar refractivity (Wildman–Crippen MR) is 110 cm³/mol. The van der Waals surface area contributed by atoms with E-state index in [0.29, 0.717) is 18.0 Å². The van der Waals surface area contributed by atoms with Gasteiger partial charge in [-0.2, -0.15) is 0 Å².